The number of benzene rings is 1. The number of hydrogen-bond donors (Lipinski definition) is 0. The lowest BCUT2D eigenvalue weighted by Gasteiger charge is -2.12. The summed E-state index contributed by atoms with van der Waals surface area (Å²) >= 11 is 0. The quantitative estimate of drug-likeness (QED) is 0.408. The van der Waals surface area contributed by atoms with Crippen LogP contribution < -0.4 is 5.30 Å². The van der Waals surface area contributed by atoms with Gasteiger partial charge in [0.15, 0.2) is 5.65 Å². The van der Waals surface area contributed by atoms with Crippen molar-refractivity contribution in [2.75, 3.05) is 12.8 Å². The minimum Gasteiger partial charge on any atom is -0.319 e. The van der Waals surface area contributed by atoms with Crippen molar-refractivity contribution in [3.8, 4) is 11.3 Å². The Balaban J connectivity index is 1.53. The maximum absolute atomic E-state index is 12.8. The maximum atomic E-state index is 12.8. The normalized spacial score (nSPS) is 13.7. The summed E-state index contributed by atoms with van der Waals surface area (Å²) in [7, 11) is -2.37. The van der Waals surface area contributed by atoms with Crippen LogP contribution in [0.3, 0.4) is 0 Å². The molecule has 4 heterocycles. The van der Waals surface area contributed by atoms with Crippen molar-refractivity contribution in [2.24, 2.45) is 0 Å². The molecule has 0 N–H and O–H groups in total. The van der Waals surface area contributed by atoms with E-state index in [4.69, 9.17) is 4.98 Å². The Morgan fingerprint density at radius 1 is 1.13 bits per heavy atom. The third kappa shape index (κ3) is 3.29. The van der Waals surface area contributed by atoms with Crippen molar-refractivity contribution in [2.45, 2.75) is 13.5 Å². The van der Waals surface area contributed by atoms with Crippen LogP contribution in [0.2, 0.25) is 0 Å². The number of nitrogens with zero attached hydrogens (tertiary/aromatic N) is 7. The molecule has 4 aromatic heterocycles. The fraction of sp³-hybridized carbons (Fsp3) is 0.190. The second-order valence-electron chi connectivity index (χ2n) is 7.35. The van der Waals surface area contributed by atoms with Crippen molar-refractivity contribution in [1.82, 2.24) is 34.3 Å². The lowest BCUT2D eigenvalue weighted by Crippen LogP contribution is -2.06. The molecule has 0 amide bonds. The first-order valence-electron chi connectivity index (χ1n) is 9.69. The molecule has 1 unspecified atom stereocenters. The van der Waals surface area contributed by atoms with Crippen molar-refractivity contribution in [3.05, 3.63) is 66.7 Å². The van der Waals surface area contributed by atoms with Crippen molar-refractivity contribution in [1.29, 1.82) is 0 Å². The second-order valence-corrected chi connectivity index (χ2v) is 10.7. The average Bonchev–Trinajstić information content (AvgIpc) is 3.40. The molecule has 5 aromatic rings. The van der Waals surface area contributed by atoms with E-state index >= 15 is 0 Å². The molecule has 9 heteroatoms. The molecule has 30 heavy (non-hydrogen) atoms. The molecular formula is C21H20N7OP. The standard InChI is InChI=1S/C21H20N7OP/c1-3-30(2,29)17-6-4-5-16(11-17)18-12-23-20-21(24-18)28(26-25-20)14-15-7-8-19-22-9-10-27(19)13-15/h4-13H,3,14H2,1-2H3. The van der Waals surface area contributed by atoms with Gasteiger partial charge in [-0.25, -0.2) is 19.6 Å². The highest BCUT2D eigenvalue weighted by Gasteiger charge is 2.17. The fourth-order valence-electron chi connectivity index (χ4n) is 3.38. The van der Waals surface area contributed by atoms with Crippen LogP contribution >= 0.6 is 7.14 Å². The maximum Gasteiger partial charge on any atom is 0.221 e. The molecule has 8 nitrogen and oxygen atoms in total. The van der Waals surface area contributed by atoms with Gasteiger partial charge in [0.05, 0.1) is 18.4 Å². The lowest BCUT2D eigenvalue weighted by atomic mass is 10.2. The Bertz CT molecular complexity index is 1420. The minimum absolute atomic E-state index is 0.494. The number of imidazole rings is 1. The van der Waals surface area contributed by atoms with Gasteiger partial charge in [0.1, 0.15) is 12.8 Å². The average molecular weight is 417 g/mol. The largest absolute Gasteiger partial charge is 0.319 e. The molecule has 1 atom stereocenters. The monoisotopic (exact) mass is 417 g/mol. The summed E-state index contributed by atoms with van der Waals surface area (Å²) in [6, 6.07) is 11.7. The molecule has 0 aliphatic rings. The van der Waals surface area contributed by atoms with Crippen LogP contribution in [-0.4, -0.2) is 47.2 Å². The molecule has 5 rings (SSSR count). The zero-order valence-corrected chi connectivity index (χ0v) is 17.6. The zero-order chi connectivity index (χ0) is 20.7. The number of hydrogen-bond acceptors (Lipinski definition) is 6. The highest BCUT2D eigenvalue weighted by Crippen LogP contribution is 2.39. The van der Waals surface area contributed by atoms with Crippen LogP contribution in [0.15, 0.2) is 61.2 Å². The van der Waals surface area contributed by atoms with Gasteiger partial charge in [-0.05, 0) is 24.4 Å². The molecule has 0 spiro atoms. The number of fused-ring (bicyclic) bond motifs is 2. The Kier molecular flexibility index (Phi) is 4.44. The Morgan fingerprint density at radius 2 is 2.03 bits per heavy atom. The Morgan fingerprint density at radius 3 is 2.90 bits per heavy atom. The molecule has 0 radical (unpaired) electrons. The molecule has 0 fully saturated rings. The Hall–Kier alpha value is -3.38. The third-order valence-corrected chi connectivity index (χ3v) is 7.88. The second kappa shape index (κ2) is 7.15. The van der Waals surface area contributed by atoms with Gasteiger partial charge in [-0.1, -0.05) is 36.4 Å². The van der Waals surface area contributed by atoms with Crippen LogP contribution in [0.25, 0.3) is 28.2 Å². The van der Waals surface area contributed by atoms with E-state index in [2.05, 4.69) is 20.3 Å². The minimum atomic E-state index is -2.37. The molecular weight excluding hydrogens is 397 g/mol. The number of rotatable bonds is 5. The summed E-state index contributed by atoms with van der Waals surface area (Å²) in [4.78, 5) is 13.5. The predicted molar refractivity (Wildman–Crippen MR) is 117 cm³/mol. The first-order valence-corrected chi connectivity index (χ1v) is 12.0. The van der Waals surface area contributed by atoms with Gasteiger partial charge in [0, 0.05) is 35.6 Å². The van der Waals surface area contributed by atoms with Gasteiger partial charge in [-0.2, -0.15) is 0 Å². The molecule has 0 saturated heterocycles. The molecule has 150 valence electrons. The van der Waals surface area contributed by atoms with Crippen molar-refractivity contribution >= 4 is 29.4 Å². The number of aromatic nitrogens is 7. The SMILES string of the molecule is CCP(C)(=O)c1cccc(-c2cnc3nnn(Cc4ccc5nccn5c4)c3n2)c1. The van der Waals surface area contributed by atoms with Gasteiger partial charge in [-0.3, -0.25) is 0 Å². The summed E-state index contributed by atoms with van der Waals surface area (Å²) in [5.41, 5.74) is 4.63. The molecule has 0 saturated carbocycles. The third-order valence-electron chi connectivity index (χ3n) is 5.30. The highest BCUT2D eigenvalue weighted by molar-refractivity contribution is 7.70. The van der Waals surface area contributed by atoms with Gasteiger partial charge in [0.25, 0.3) is 0 Å². The van der Waals surface area contributed by atoms with Gasteiger partial charge < -0.3 is 8.97 Å². The van der Waals surface area contributed by atoms with E-state index < -0.39 is 7.14 Å². The first kappa shape index (κ1) is 18.6. The summed E-state index contributed by atoms with van der Waals surface area (Å²) in [5, 5.41) is 9.23. The predicted octanol–water partition coefficient (Wildman–Crippen LogP) is 3.22. The van der Waals surface area contributed by atoms with E-state index in [1.165, 1.54) is 0 Å². The van der Waals surface area contributed by atoms with Crippen LogP contribution in [0, 0.1) is 0 Å². The van der Waals surface area contributed by atoms with Gasteiger partial charge >= 0.3 is 0 Å². The lowest BCUT2D eigenvalue weighted by molar-refractivity contribution is 0.585. The summed E-state index contributed by atoms with van der Waals surface area (Å²) in [6.07, 6.45) is 8.00. The topological polar surface area (TPSA) is 90.9 Å². The fourth-order valence-corrected chi connectivity index (χ4v) is 4.55. The van der Waals surface area contributed by atoms with E-state index in [0.29, 0.717) is 29.7 Å². The molecule has 0 bridgehead atoms. The van der Waals surface area contributed by atoms with Gasteiger partial charge in [-0.15, -0.1) is 5.10 Å². The van der Waals surface area contributed by atoms with Crippen LogP contribution in [0.1, 0.15) is 12.5 Å². The summed E-state index contributed by atoms with van der Waals surface area (Å²) in [6.45, 7) is 4.28. The van der Waals surface area contributed by atoms with Crippen LogP contribution in [-0.2, 0) is 11.1 Å². The van der Waals surface area contributed by atoms with Gasteiger partial charge in [0.2, 0.25) is 5.65 Å². The summed E-state index contributed by atoms with van der Waals surface area (Å²) in [5.74, 6) is 0. The molecule has 1 aromatic carbocycles. The Labute approximate surface area is 173 Å². The van der Waals surface area contributed by atoms with E-state index in [9.17, 15) is 4.57 Å². The van der Waals surface area contributed by atoms with E-state index in [-0.39, 0.29) is 0 Å². The number of pyridine rings is 1. The summed E-state index contributed by atoms with van der Waals surface area (Å²) < 4.78 is 16.5. The molecule has 0 aliphatic heterocycles. The van der Waals surface area contributed by atoms with E-state index in [0.717, 1.165) is 22.1 Å². The smallest absolute Gasteiger partial charge is 0.221 e. The highest BCUT2D eigenvalue weighted by atomic mass is 31.2. The van der Waals surface area contributed by atoms with Crippen LogP contribution in [0.5, 0.6) is 0 Å². The van der Waals surface area contributed by atoms with Crippen molar-refractivity contribution < 1.29 is 4.57 Å². The van der Waals surface area contributed by atoms with Crippen LogP contribution in [0.4, 0.5) is 0 Å². The van der Waals surface area contributed by atoms with E-state index in [1.54, 1.807) is 17.1 Å². The zero-order valence-electron chi connectivity index (χ0n) is 16.7. The molecule has 0 aliphatic carbocycles. The first-order chi connectivity index (χ1) is 14.5. The van der Waals surface area contributed by atoms with E-state index in [1.807, 2.05) is 66.8 Å². The van der Waals surface area contributed by atoms with Crippen molar-refractivity contribution in [3.63, 3.8) is 0 Å².